The molecule has 2 N–H and O–H groups in total. The second-order valence-corrected chi connectivity index (χ2v) is 3.15. The van der Waals surface area contributed by atoms with Crippen LogP contribution in [0.4, 0.5) is 4.39 Å². The largest absolute Gasteiger partial charge is 0.378 e. The summed E-state index contributed by atoms with van der Waals surface area (Å²) in [5, 5.41) is 0. The summed E-state index contributed by atoms with van der Waals surface area (Å²) in [6.07, 6.45) is 1.95. The number of hydrogen-bond acceptors (Lipinski definition) is 2. The third-order valence-corrected chi connectivity index (χ3v) is 2.19. The molecule has 1 fully saturated rings. The normalized spacial score (nSPS) is 23.2. The Bertz CT molecular complexity index is 127. The van der Waals surface area contributed by atoms with Gasteiger partial charge in [-0.3, -0.25) is 0 Å². The van der Waals surface area contributed by atoms with Crippen LogP contribution in [0.1, 0.15) is 19.8 Å². The highest BCUT2D eigenvalue weighted by atomic mass is 19.1. The highest BCUT2D eigenvalue weighted by Gasteiger charge is 2.44. The van der Waals surface area contributed by atoms with Gasteiger partial charge < -0.3 is 10.5 Å². The standard InChI is InChI=1S/C8H16FNO/c1-2-11-6-8(9,5-10)7-3-4-7/h7H,2-6,10H2,1H3. The molecule has 0 aliphatic heterocycles. The molecule has 1 saturated carbocycles. The van der Waals surface area contributed by atoms with Gasteiger partial charge in [0.05, 0.1) is 6.61 Å². The van der Waals surface area contributed by atoms with Gasteiger partial charge >= 0.3 is 0 Å². The van der Waals surface area contributed by atoms with Crippen molar-refractivity contribution in [2.75, 3.05) is 19.8 Å². The van der Waals surface area contributed by atoms with Gasteiger partial charge in [-0.2, -0.15) is 0 Å². The molecule has 0 aromatic heterocycles. The molecular formula is C8H16FNO. The lowest BCUT2D eigenvalue weighted by atomic mass is 10.0. The van der Waals surface area contributed by atoms with E-state index in [1.54, 1.807) is 0 Å². The fourth-order valence-electron chi connectivity index (χ4n) is 1.22. The Hall–Kier alpha value is -0.150. The predicted octanol–water partition coefficient (Wildman–Crippen LogP) is 1.10. The smallest absolute Gasteiger partial charge is 0.149 e. The Morgan fingerprint density at radius 3 is 2.64 bits per heavy atom. The van der Waals surface area contributed by atoms with E-state index in [-0.39, 0.29) is 19.1 Å². The average molecular weight is 161 g/mol. The lowest BCUT2D eigenvalue weighted by Crippen LogP contribution is -2.40. The van der Waals surface area contributed by atoms with Gasteiger partial charge in [0, 0.05) is 13.2 Å². The molecule has 1 aliphatic carbocycles. The van der Waals surface area contributed by atoms with Gasteiger partial charge in [0.1, 0.15) is 5.67 Å². The second-order valence-electron chi connectivity index (χ2n) is 3.15. The first-order chi connectivity index (χ1) is 5.23. The van der Waals surface area contributed by atoms with Gasteiger partial charge in [-0.25, -0.2) is 4.39 Å². The Labute approximate surface area is 66.9 Å². The summed E-state index contributed by atoms with van der Waals surface area (Å²) in [5.74, 6) is 0.166. The Morgan fingerprint density at radius 2 is 2.27 bits per heavy atom. The maximum absolute atomic E-state index is 13.6. The molecular weight excluding hydrogens is 145 g/mol. The minimum Gasteiger partial charge on any atom is -0.378 e. The summed E-state index contributed by atoms with van der Waals surface area (Å²) in [5.41, 5.74) is 4.09. The van der Waals surface area contributed by atoms with Gasteiger partial charge in [-0.1, -0.05) is 0 Å². The highest BCUT2D eigenvalue weighted by molar-refractivity contribution is 4.95. The molecule has 0 saturated heterocycles. The molecule has 1 unspecified atom stereocenters. The van der Waals surface area contributed by atoms with E-state index in [0.29, 0.717) is 6.61 Å². The third-order valence-electron chi connectivity index (χ3n) is 2.19. The average Bonchev–Trinajstić information content (AvgIpc) is 2.82. The summed E-state index contributed by atoms with van der Waals surface area (Å²) >= 11 is 0. The molecule has 2 nitrogen and oxygen atoms in total. The van der Waals surface area contributed by atoms with E-state index in [4.69, 9.17) is 10.5 Å². The predicted molar refractivity (Wildman–Crippen MR) is 42.1 cm³/mol. The Balaban J connectivity index is 2.31. The highest BCUT2D eigenvalue weighted by Crippen LogP contribution is 2.41. The fraction of sp³-hybridized carbons (Fsp3) is 1.00. The van der Waals surface area contributed by atoms with Crippen LogP contribution < -0.4 is 5.73 Å². The molecule has 1 rings (SSSR count). The SMILES string of the molecule is CCOCC(F)(CN)C1CC1. The molecule has 1 atom stereocenters. The van der Waals surface area contributed by atoms with Crippen molar-refractivity contribution in [2.24, 2.45) is 11.7 Å². The van der Waals surface area contributed by atoms with E-state index < -0.39 is 5.67 Å². The van der Waals surface area contributed by atoms with Crippen molar-refractivity contribution in [1.29, 1.82) is 0 Å². The first-order valence-electron chi connectivity index (χ1n) is 4.19. The number of halogens is 1. The molecule has 66 valence electrons. The van der Waals surface area contributed by atoms with E-state index >= 15 is 0 Å². The van der Waals surface area contributed by atoms with Crippen molar-refractivity contribution >= 4 is 0 Å². The zero-order valence-corrected chi connectivity index (χ0v) is 6.98. The quantitative estimate of drug-likeness (QED) is 0.655. The lowest BCUT2D eigenvalue weighted by molar-refractivity contribution is 0.0112. The molecule has 0 heterocycles. The topological polar surface area (TPSA) is 35.2 Å². The monoisotopic (exact) mass is 161 g/mol. The van der Waals surface area contributed by atoms with Gasteiger partial charge in [-0.05, 0) is 25.7 Å². The first kappa shape index (κ1) is 8.94. The Kier molecular flexibility index (Phi) is 2.84. The maximum Gasteiger partial charge on any atom is 0.149 e. The van der Waals surface area contributed by atoms with E-state index in [9.17, 15) is 4.39 Å². The molecule has 0 aromatic rings. The summed E-state index contributed by atoms with van der Waals surface area (Å²) in [4.78, 5) is 0. The van der Waals surface area contributed by atoms with Crippen molar-refractivity contribution in [3.8, 4) is 0 Å². The summed E-state index contributed by atoms with van der Waals surface area (Å²) < 4.78 is 18.7. The van der Waals surface area contributed by atoms with Crippen LogP contribution in [0, 0.1) is 5.92 Å². The van der Waals surface area contributed by atoms with Crippen LogP contribution in [0.15, 0.2) is 0 Å². The van der Waals surface area contributed by atoms with Crippen LogP contribution in [0.2, 0.25) is 0 Å². The molecule has 0 radical (unpaired) electrons. The summed E-state index contributed by atoms with van der Waals surface area (Å²) in [6.45, 7) is 2.70. The minimum absolute atomic E-state index is 0.0949. The van der Waals surface area contributed by atoms with E-state index in [1.807, 2.05) is 6.92 Å². The lowest BCUT2D eigenvalue weighted by Gasteiger charge is -2.22. The van der Waals surface area contributed by atoms with Gasteiger partial charge in [-0.15, -0.1) is 0 Å². The number of rotatable bonds is 5. The van der Waals surface area contributed by atoms with E-state index in [2.05, 4.69) is 0 Å². The summed E-state index contributed by atoms with van der Waals surface area (Å²) in [6, 6.07) is 0. The molecule has 11 heavy (non-hydrogen) atoms. The zero-order valence-electron chi connectivity index (χ0n) is 6.98. The van der Waals surface area contributed by atoms with Crippen LogP contribution in [0.5, 0.6) is 0 Å². The molecule has 3 heteroatoms. The van der Waals surface area contributed by atoms with Crippen LogP contribution in [-0.2, 0) is 4.74 Å². The van der Waals surface area contributed by atoms with Crippen molar-refractivity contribution < 1.29 is 9.13 Å². The number of hydrogen-bond donors (Lipinski definition) is 1. The maximum atomic E-state index is 13.6. The van der Waals surface area contributed by atoms with E-state index in [1.165, 1.54) is 0 Å². The minimum atomic E-state index is -1.24. The number of alkyl halides is 1. The molecule has 0 bridgehead atoms. The van der Waals surface area contributed by atoms with Crippen molar-refractivity contribution in [1.82, 2.24) is 0 Å². The third kappa shape index (κ3) is 2.14. The number of nitrogens with two attached hydrogens (primary N) is 1. The molecule has 1 aliphatic rings. The fourth-order valence-corrected chi connectivity index (χ4v) is 1.22. The van der Waals surface area contributed by atoms with Crippen LogP contribution in [0.25, 0.3) is 0 Å². The van der Waals surface area contributed by atoms with Crippen molar-refractivity contribution in [3.05, 3.63) is 0 Å². The van der Waals surface area contributed by atoms with Crippen LogP contribution >= 0.6 is 0 Å². The summed E-state index contributed by atoms with van der Waals surface area (Å²) in [7, 11) is 0. The number of ether oxygens (including phenoxy) is 1. The van der Waals surface area contributed by atoms with Gasteiger partial charge in [0.25, 0.3) is 0 Å². The zero-order chi connectivity index (χ0) is 8.32. The van der Waals surface area contributed by atoms with E-state index in [0.717, 1.165) is 12.8 Å². The van der Waals surface area contributed by atoms with Crippen LogP contribution in [-0.4, -0.2) is 25.4 Å². The first-order valence-corrected chi connectivity index (χ1v) is 4.19. The Morgan fingerprint density at radius 1 is 1.64 bits per heavy atom. The van der Waals surface area contributed by atoms with Crippen molar-refractivity contribution in [2.45, 2.75) is 25.4 Å². The van der Waals surface area contributed by atoms with Crippen molar-refractivity contribution in [3.63, 3.8) is 0 Å². The van der Waals surface area contributed by atoms with Gasteiger partial charge in [0.15, 0.2) is 0 Å². The molecule has 0 amide bonds. The van der Waals surface area contributed by atoms with Crippen LogP contribution in [0.3, 0.4) is 0 Å². The van der Waals surface area contributed by atoms with Gasteiger partial charge in [0.2, 0.25) is 0 Å². The molecule has 0 aromatic carbocycles. The second kappa shape index (κ2) is 3.50. The molecule has 0 spiro atoms.